The highest BCUT2D eigenvalue weighted by atomic mass is 16.6. The van der Waals surface area contributed by atoms with Gasteiger partial charge in [-0.15, -0.1) is 0 Å². The second-order valence-corrected chi connectivity index (χ2v) is 8.45. The van der Waals surface area contributed by atoms with E-state index >= 15 is 0 Å². The number of carbonyl (C=O) groups excluding carboxylic acids is 2. The van der Waals surface area contributed by atoms with Gasteiger partial charge in [-0.1, -0.05) is 12.1 Å². The molecule has 0 radical (unpaired) electrons. The number of ketones is 1. The summed E-state index contributed by atoms with van der Waals surface area (Å²) in [6.07, 6.45) is 0.860. The van der Waals surface area contributed by atoms with Gasteiger partial charge in [0.05, 0.1) is 32.4 Å². The van der Waals surface area contributed by atoms with Gasteiger partial charge in [0.1, 0.15) is 11.4 Å². The molecule has 2 aliphatic rings. The smallest absolute Gasteiger partial charge is 0.410 e. The molecular weight excluding hydrogens is 346 g/mol. The van der Waals surface area contributed by atoms with E-state index in [1.54, 1.807) is 12.0 Å². The lowest BCUT2D eigenvalue weighted by molar-refractivity contribution is -0.0861. The standard InChI is InChI=1S/C21H29NO5/c1-13-6-7-14(10-18(13)25-5)19(23)15-8-16-11-26-12-17(9-15)22(16)20(24)27-21(2,3)4/h6-7,10,15-17H,8-9,11-12H2,1-5H3. The largest absolute Gasteiger partial charge is 0.496 e. The van der Waals surface area contributed by atoms with Crippen LogP contribution in [-0.2, 0) is 9.47 Å². The van der Waals surface area contributed by atoms with Gasteiger partial charge in [-0.3, -0.25) is 9.69 Å². The first-order valence-corrected chi connectivity index (χ1v) is 9.47. The molecule has 2 fully saturated rings. The molecule has 3 rings (SSSR count). The maximum Gasteiger partial charge on any atom is 0.410 e. The highest BCUT2D eigenvalue weighted by molar-refractivity contribution is 5.98. The van der Waals surface area contributed by atoms with Crippen molar-refractivity contribution in [3.63, 3.8) is 0 Å². The predicted molar refractivity (Wildman–Crippen MR) is 101 cm³/mol. The van der Waals surface area contributed by atoms with Crippen LogP contribution in [0.15, 0.2) is 18.2 Å². The number of piperidine rings is 1. The Morgan fingerprint density at radius 2 is 1.78 bits per heavy atom. The number of Topliss-reactive ketones (excluding diaryl/α,β-unsaturated/α-hetero) is 1. The minimum absolute atomic E-state index is 0.106. The summed E-state index contributed by atoms with van der Waals surface area (Å²) in [6.45, 7) is 8.41. The molecule has 2 atom stereocenters. The summed E-state index contributed by atoms with van der Waals surface area (Å²) in [5.74, 6) is 0.694. The second kappa shape index (κ2) is 7.50. The fourth-order valence-corrected chi connectivity index (χ4v) is 3.95. The molecule has 6 heteroatoms. The van der Waals surface area contributed by atoms with E-state index in [0.29, 0.717) is 31.6 Å². The molecule has 1 amide bonds. The van der Waals surface area contributed by atoms with Crippen molar-refractivity contribution in [1.82, 2.24) is 4.90 Å². The number of ether oxygens (including phenoxy) is 3. The molecule has 0 aromatic heterocycles. The average Bonchev–Trinajstić information content (AvgIpc) is 2.59. The predicted octanol–water partition coefficient (Wildman–Crippen LogP) is 3.60. The Kier molecular flexibility index (Phi) is 5.47. The molecule has 27 heavy (non-hydrogen) atoms. The van der Waals surface area contributed by atoms with Crippen LogP contribution in [0.3, 0.4) is 0 Å². The zero-order valence-corrected chi connectivity index (χ0v) is 16.8. The Labute approximate surface area is 160 Å². The molecule has 2 bridgehead atoms. The molecule has 0 N–H and O–H groups in total. The molecule has 2 unspecified atom stereocenters. The lowest BCUT2D eigenvalue weighted by Crippen LogP contribution is -2.60. The van der Waals surface area contributed by atoms with Gasteiger partial charge in [-0.2, -0.15) is 0 Å². The van der Waals surface area contributed by atoms with Crippen molar-refractivity contribution < 1.29 is 23.8 Å². The molecule has 148 valence electrons. The summed E-state index contributed by atoms with van der Waals surface area (Å²) >= 11 is 0. The van der Waals surface area contributed by atoms with Crippen LogP contribution in [0.5, 0.6) is 5.75 Å². The van der Waals surface area contributed by atoms with E-state index in [0.717, 1.165) is 11.3 Å². The van der Waals surface area contributed by atoms with E-state index in [1.165, 1.54) is 0 Å². The molecule has 1 aromatic carbocycles. The number of morpholine rings is 1. The van der Waals surface area contributed by atoms with Gasteiger partial charge in [0.2, 0.25) is 0 Å². The van der Waals surface area contributed by atoms with Gasteiger partial charge in [-0.05, 0) is 52.2 Å². The third-order valence-electron chi connectivity index (χ3n) is 5.19. The number of benzene rings is 1. The highest BCUT2D eigenvalue weighted by Gasteiger charge is 2.45. The summed E-state index contributed by atoms with van der Waals surface area (Å²) < 4.78 is 16.6. The second-order valence-electron chi connectivity index (χ2n) is 8.45. The van der Waals surface area contributed by atoms with Gasteiger partial charge < -0.3 is 14.2 Å². The Morgan fingerprint density at radius 1 is 1.15 bits per heavy atom. The van der Waals surface area contributed by atoms with Gasteiger partial charge in [-0.25, -0.2) is 4.79 Å². The Bertz CT molecular complexity index is 710. The van der Waals surface area contributed by atoms with Crippen molar-refractivity contribution in [2.45, 2.75) is 58.2 Å². The third kappa shape index (κ3) is 4.26. The van der Waals surface area contributed by atoms with E-state index in [4.69, 9.17) is 14.2 Å². The SMILES string of the molecule is COc1cc(C(=O)C2CC3COCC(C2)N3C(=O)OC(C)(C)C)ccc1C. The van der Waals surface area contributed by atoms with Crippen LogP contribution in [0, 0.1) is 12.8 Å². The molecule has 2 heterocycles. The number of hydrogen-bond acceptors (Lipinski definition) is 5. The number of aryl methyl sites for hydroxylation is 1. The number of amides is 1. The Morgan fingerprint density at radius 3 is 2.33 bits per heavy atom. The normalized spacial score (nSPS) is 25.1. The third-order valence-corrected chi connectivity index (χ3v) is 5.19. The lowest BCUT2D eigenvalue weighted by Gasteiger charge is -2.47. The molecule has 1 aromatic rings. The Hall–Kier alpha value is -2.08. The minimum Gasteiger partial charge on any atom is -0.496 e. The van der Waals surface area contributed by atoms with Crippen LogP contribution in [-0.4, -0.2) is 54.8 Å². The number of nitrogens with zero attached hydrogens (tertiary/aromatic N) is 1. The zero-order valence-electron chi connectivity index (χ0n) is 16.8. The fraction of sp³-hybridized carbons (Fsp3) is 0.619. The van der Waals surface area contributed by atoms with Gasteiger partial charge in [0, 0.05) is 11.5 Å². The number of hydrogen-bond donors (Lipinski definition) is 0. The van der Waals surface area contributed by atoms with Crippen LogP contribution in [0.2, 0.25) is 0 Å². The van der Waals surface area contributed by atoms with Crippen molar-refractivity contribution in [2.24, 2.45) is 5.92 Å². The van der Waals surface area contributed by atoms with Crippen LogP contribution >= 0.6 is 0 Å². The lowest BCUT2D eigenvalue weighted by atomic mass is 9.80. The number of rotatable bonds is 3. The first-order valence-electron chi connectivity index (χ1n) is 9.47. The molecule has 0 spiro atoms. The van der Waals surface area contributed by atoms with Gasteiger partial charge >= 0.3 is 6.09 Å². The van der Waals surface area contributed by atoms with Crippen molar-refractivity contribution >= 4 is 11.9 Å². The van der Waals surface area contributed by atoms with Crippen molar-refractivity contribution in [3.05, 3.63) is 29.3 Å². The van der Waals surface area contributed by atoms with Gasteiger partial charge in [0.25, 0.3) is 0 Å². The summed E-state index contributed by atoms with van der Waals surface area (Å²) in [7, 11) is 1.61. The first-order chi connectivity index (χ1) is 12.7. The maximum absolute atomic E-state index is 13.1. The molecular formula is C21H29NO5. The van der Waals surface area contributed by atoms with E-state index in [9.17, 15) is 9.59 Å². The van der Waals surface area contributed by atoms with Crippen LogP contribution < -0.4 is 4.74 Å². The minimum atomic E-state index is -0.544. The topological polar surface area (TPSA) is 65.1 Å². The van der Waals surface area contributed by atoms with Crippen LogP contribution in [0.4, 0.5) is 4.79 Å². The molecule has 2 aliphatic heterocycles. The highest BCUT2D eigenvalue weighted by Crippen LogP contribution is 2.35. The van der Waals surface area contributed by atoms with E-state index in [-0.39, 0.29) is 29.9 Å². The summed E-state index contributed by atoms with van der Waals surface area (Å²) in [6, 6.07) is 5.31. The molecule has 6 nitrogen and oxygen atoms in total. The summed E-state index contributed by atoms with van der Waals surface area (Å²) in [5.41, 5.74) is 1.11. The Balaban J connectivity index is 1.76. The van der Waals surface area contributed by atoms with Crippen molar-refractivity contribution in [2.75, 3.05) is 20.3 Å². The van der Waals surface area contributed by atoms with Gasteiger partial charge in [0.15, 0.2) is 5.78 Å². The summed E-state index contributed by atoms with van der Waals surface area (Å²) in [5, 5.41) is 0. The summed E-state index contributed by atoms with van der Waals surface area (Å²) in [4.78, 5) is 27.5. The van der Waals surface area contributed by atoms with Crippen LogP contribution in [0.1, 0.15) is 49.5 Å². The quantitative estimate of drug-likeness (QED) is 0.755. The van der Waals surface area contributed by atoms with E-state index in [2.05, 4.69) is 0 Å². The maximum atomic E-state index is 13.1. The van der Waals surface area contributed by atoms with Crippen LogP contribution in [0.25, 0.3) is 0 Å². The molecule has 0 saturated carbocycles. The monoisotopic (exact) mass is 375 g/mol. The van der Waals surface area contributed by atoms with Crippen molar-refractivity contribution in [1.29, 1.82) is 0 Å². The fourth-order valence-electron chi connectivity index (χ4n) is 3.95. The average molecular weight is 375 g/mol. The zero-order chi connectivity index (χ0) is 19.8. The molecule has 2 saturated heterocycles. The first kappa shape index (κ1) is 19.7. The van der Waals surface area contributed by atoms with Crippen molar-refractivity contribution in [3.8, 4) is 5.75 Å². The number of carbonyl (C=O) groups is 2. The van der Waals surface area contributed by atoms with E-state index in [1.807, 2.05) is 45.9 Å². The van der Waals surface area contributed by atoms with E-state index < -0.39 is 5.60 Å². The molecule has 0 aliphatic carbocycles. The number of fused-ring (bicyclic) bond motifs is 2. The number of methoxy groups -OCH3 is 1.